The molecule has 0 bridgehead atoms. The minimum Gasteiger partial charge on any atom is -0.505 e. The molecule has 0 amide bonds. The summed E-state index contributed by atoms with van der Waals surface area (Å²) in [5.41, 5.74) is 0.884. The highest BCUT2D eigenvalue weighted by molar-refractivity contribution is 5.27. The number of benzene rings is 1. The number of nitrogens with one attached hydrogen (secondary N) is 1. The van der Waals surface area contributed by atoms with Crippen molar-refractivity contribution in [2.75, 3.05) is 0 Å². The molecule has 88 valence electrons. The van der Waals surface area contributed by atoms with Crippen LogP contribution in [0.2, 0.25) is 0 Å². The van der Waals surface area contributed by atoms with Gasteiger partial charge in [-0.1, -0.05) is 13.0 Å². The van der Waals surface area contributed by atoms with Crippen molar-refractivity contribution in [1.82, 2.24) is 5.32 Å². The van der Waals surface area contributed by atoms with Crippen molar-refractivity contribution >= 4 is 0 Å². The molecule has 0 radical (unpaired) electrons. The normalized spacial score (nSPS) is 17.4. The molecule has 1 aliphatic carbocycles. The average molecular weight is 223 g/mol. The minimum absolute atomic E-state index is 0.280. The lowest BCUT2D eigenvalue weighted by Gasteiger charge is -2.16. The Morgan fingerprint density at radius 1 is 1.50 bits per heavy atom. The van der Waals surface area contributed by atoms with E-state index in [0.717, 1.165) is 17.9 Å². The molecule has 1 saturated carbocycles. The first-order valence-electron chi connectivity index (χ1n) is 5.91. The Kier molecular flexibility index (Phi) is 3.44. The molecular formula is C13H18FNO. The predicted octanol–water partition coefficient (Wildman–Crippen LogP) is 2.81. The van der Waals surface area contributed by atoms with Gasteiger partial charge in [0.05, 0.1) is 0 Å². The Labute approximate surface area is 95.5 Å². The van der Waals surface area contributed by atoms with Crippen LogP contribution in [0.1, 0.15) is 31.7 Å². The van der Waals surface area contributed by atoms with Gasteiger partial charge in [0.2, 0.25) is 0 Å². The number of aromatic hydroxyl groups is 1. The Hall–Kier alpha value is -1.09. The molecule has 16 heavy (non-hydrogen) atoms. The Balaban J connectivity index is 1.90. The van der Waals surface area contributed by atoms with E-state index in [1.54, 1.807) is 6.07 Å². The van der Waals surface area contributed by atoms with Crippen molar-refractivity contribution < 1.29 is 9.50 Å². The fraction of sp³-hybridized carbons (Fsp3) is 0.538. The second-order valence-corrected chi connectivity index (χ2v) is 4.52. The summed E-state index contributed by atoms with van der Waals surface area (Å²) in [6, 6.07) is 5.11. The second-order valence-electron chi connectivity index (χ2n) is 4.52. The lowest BCUT2D eigenvalue weighted by molar-refractivity contribution is 0.428. The molecule has 2 rings (SSSR count). The van der Waals surface area contributed by atoms with Crippen LogP contribution in [0.25, 0.3) is 0 Å². The summed E-state index contributed by atoms with van der Waals surface area (Å²) < 4.78 is 13.1. The summed E-state index contributed by atoms with van der Waals surface area (Å²) in [5, 5.41) is 12.5. The third-order valence-corrected chi connectivity index (χ3v) is 3.21. The molecule has 0 spiro atoms. The van der Waals surface area contributed by atoms with E-state index in [0.29, 0.717) is 12.6 Å². The zero-order chi connectivity index (χ0) is 11.5. The van der Waals surface area contributed by atoms with Crippen LogP contribution in [0, 0.1) is 11.7 Å². The number of halogens is 1. The fourth-order valence-corrected chi connectivity index (χ4v) is 2.05. The van der Waals surface area contributed by atoms with Gasteiger partial charge in [-0.05, 0) is 42.9 Å². The van der Waals surface area contributed by atoms with Crippen LogP contribution in [-0.2, 0) is 6.54 Å². The maximum absolute atomic E-state index is 13.1. The summed E-state index contributed by atoms with van der Waals surface area (Å²) >= 11 is 0. The van der Waals surface area contributed by atoms with Crippen molar-refractivity contribution in [3.05, 3.63) is 29.6 Å². The van der Waals surface area contributed by atoms with Crippen LogP contribution in [0.3, 0.4) is 0 Å². The van der Waals surface area contributed by atoms with Gasteiger partial charge in [-0.2, -0.15) is 0 Å². The lowest BCUT2D eigenvalue weighted by atomic mass is 10.1. The molecule has 0 aromatic heterocycles. The third-order valence-electron chi connectivity index (χ3n) is 3.21. The van der Waals surface area contributed by atoms with Crippen LogP contribution in [0.5, 0.6) is 5.75 Å². The molecular weight excluding hydrogens is 205 g/mol. The Morgan fingerprint density at radius 3 is 2.81 bits per heavy atom. The van der Waals surface area contributed by atoms with E-state index in [9.17, 15) is 4.39 Å². The topological polar surface area (TPSA) is 32.3 Å². The van der Waals surface area contributed by atoms with Gasteiger partial charge < -0.3 is 10.4 Å². The molecule has 1 atom stereocenters. The third kappa shape index (κ3) is 2.73. The van der Waals surface area contributed by atoms with Crippen LogP contribution < -0.4 is 5.32 Å². The van der Waals surface area contributed by atoms with Crippen LogP contribution >= 0.6 is 0 Å². The van der Waals surface area contributed by atoms with Gasteiger partial charge in [-0.3, -0.25) is 0 Å². The van der Waals surface area contributed by atoms with E-state index in [1.807, 2.05) is 0 Å². The number of hydrogen-bond donors (Lipinski definition) is 2. The van der Waals surface area contributed by atoms with Crippen molar-refractivity contribution in [3.8, 4) is 5.75 Å². The van der Waals surface area contributed by atoms with E-state index >= 15 is 0 Å². The molecule has 1 aromatic carbocycles. The first-order valence-corrected chi connectivity index (χ1v) is 5.91. The quantitative estimate of drug-likeness (QED) is 0.804. The molecule has 1 aliphatic rings. The monoisotopic (exact) mass is 223 g/mol. The SMILES string of the molecule is CCC(NCc1ccc(O)c(F)c1)C1CC1. The summed E-state index contributed by atoms with van der Waals surface area (Å²) in [6.45, 7) is 2.85. The average Bonchev–Trinajstić information content (AvgIpc) is 3.08. The summed E-state index contributed by atoms with van der Waals surface area (Å²) in [5.74, 6) is -0.0104. The number of phenols is 1. The second kappa shape index (κ2) is 4.83. The lowest BCUT2D eigenvalue weighted by Crippen LogP contribution is -2.29. The Bertz CT molecular complexity index is 363. The molecule has 1 aromatic rings. The highest BCUT2D eigenvalue weighted by Crippen LogP contribution is 2.34. The van der Waals surface area contributed by atoms with Crippen molar-refractivity contribution in [3.63, 3.8) is 0 Å². The fourth-order valence-electron chi connectivity index (χ4n) is 2.05. The van der Waals surface area contributed by atoms with E-state index in [4.69, 9.17) is 5.11 Å². The maximum atomic E-state index is 13.1. The van der Waals surface area contributed by atoms with E-state index in [2.05, 4.69) is 12.2 Å². The van der Waals surface area contributed by atoms with Gasteiger partial charge in [-0.15, -0.1) is 0 Å². The van der Waals surface area contributed by atoms with Gasteiger partial charge in [0, 0.05) is 12.6 Å². The number of rotatable bonds is 5. The smallest absolute Gasteiger partial charge is 0.165 e. The van der Waals surface area contributed by atoms with Crippen LogP contribution in [0.4, 0.5) is 4.39 Å². The standard InChI is InChI=1S/C13H18FNO/c1-2-12(10-4-5-10)15-8-9-3-6-13(16)11(14)7-9/h3,6-7,10,12,15-16H,2,4-5,8H2,1H3. The van der Waals surface area contributed by atoms with E-state index in [-0.39, 0.29) is 5.75 Å². The van der Waals surface area contributed by atoms with Crippen molar-refractivity contribution in [2.45, 2.75) is 38.8 Å². The van der Waals surface area contributed by atoms with E-state index < -0.39 is 5.82 Å². The van der Waals surface area contributed by atoms with Gasteiger partial charge in [-0.25, -0.2) is 4.39 Å². The zero-order valence-corrected chi connectivity index (χ0v) is 9.54. The van der Waals surface area contributed by atoms with Crippen molar-refractivity contribution in [2.24, 2.45) is 5.92 Å². The first-order chi connectivity index (χ1) is 7.70. The maximum Gasteiger partial charge on any atom is 0.165 e. The molecule has 0 saturated heterocycles. The summed E-state index contributed by atoms with van der Waals surface area (Å²) in [6.07, 6.45) is 3.75. The van der Waals surface area contributed by atoms with Crippen LogP contribution in [0.15, 0.2) is 18.2 Å². The number of phenolic OH excluding ortho intramolecular Hbond substituents is 1. The molecule has 3 heteroatoms. The zero-order valence-electron chi connectivity index (χ0n) is 9.54. The van der Waals surface area contributed by atoms with Crippen LogP contribution in [-0.4, -0.2) is 11.1 Å². The predicted molar refractivity (Wildman–Crippen MR) is 61.7 cm³/mol. The van der Waals surface area contributed by atoms with Gasteiger partial charge >= 0.3 is 0 Å². The molecule has 1 fully saturated rings. The van der Waals surface area contributed by atoms with Gasteiger partial charge in [0.1, 0.15) is 0 Å². The molecule has 1 unspecified atom stereocenters. The van der Waals surface area contributed by atoms with Crippen molar-refractivity contribution in [1.29, 1.82) is 0 Å². The molecule has 0 aliphatic heterocycles. The Morgan fingerprint density at radius 2 is 2.25 bits per heavy atom. The minimum atomic E-state index is -0.543. The number of hydrogen-bond acceptors (Lipinski definition) is 2. The van der Waals surface area contributed by atoms with Gasteiger partial charge in [0.15, 0.2) is 11.6 Å². The largest absolute Gasteiger partial charge is 0.505 e. The molecule has 0 heterocycles. The molecule has 2 nitrogen and oxygen atoms in total. The van der Waals surface area contributed by atoms with E-state index in [1.165, 1.54) is 25.0 Å². The highest BCUT2D eigenvalue weighted by Gasteiger charge is 2.29. The summed E-state index contributed by atoms with van der Waals surface area (Å²) in [4.78, 5) is 0. The summed E-state index contributed by atoms with van der Waals surface area (Å²) in [7, 11) is 0. The molecule has 2 N–H and O–H groups in total. The highest BCUT2D eigenvalue weighted by atomic mass is 19.1. The van der Waals surface area contributed by atoms with Gasteiger partial charge in [0.25, 0.3) is 0 Å². The first kappa shape index (κ1) is 11.4.